The van der Waals surface area contributed by atoms with E-state index in [1.165, 1.54) is 12.1 Å². The van der Waals surface area contributed by atoms with Crippen LogP contribution in [-0.2, 0) is 6.54 Å². The molecule has 1 amide bonds. The summed E-state index contributed by atoms with van der Waals surface area (Å²) in [5.74, 6) is -0.301. The maximum Gasteiger partial charge on any atom is 0.270 e. The number of amides is 1. The van der Waals surface area contributed by atoms with E-state index < -0.39 is 4.92 Å². The molecule has 1 heterocycles. The topological polar surface area (TPSA) is 85.1 Å². The fourth-order valence-electron chi connectivity index (χ4n) is 1.54. The lowest BCUT2D eigenvalue weighted by Gasteiger charge is -2.05. The standard InChI is InChI=1S/C13H10BrN3O3/c14-12-3-1-2-11(16-12)13(18)15-8-9-4-6-10(7-5-9)17(19)20/h1-7H,8H2,(H,15,18). The SMILES string of the molecule is O=C(NCc1ccc([N+](=O)[O-])cc1)c1cccc(Br)n1. The number of benzene rings is 1. The summed E-state index contributed by atoms with van der Waals surface area (Å²) in [6.07, 6.45) is 0. The van der Waals surface area contributed by atoms with Gasteiger partial charge in [-0.2, -0.15) is 0 Å². The first-order valence-electron chi connectivity index (χ1n) is 5.70. The molecule has 1 N–H and O–H groups in total. The quantitative estimate of drug-likeness (QED) is 0.528. The van der Waals surface area contributed by atoms with Crippen molar-refractivity contribution in [3.8, 4) is 0 Å². The molecular weight excluding hydrogens is 326 g/mol. The molecule has 0 aliphatic carbocycles. The van der Waals surface area contributed by atoms with Gasteiger partial charge in [0, 0.05) is 18.7 Å². The average Bonchev–Trinajstić information content (AvgIpc) is 2.45. The number of nitro groups is 1. The van der Waals surface area contributed by atoms with E-state index in [4.69, 9.17) is 0 Å². The number of hydrogen-bond acceptors (Lipinski definition) is 4. The highest BCUT2D eigenvalue weighted by Gasteiger charge is 2.08. The Balaban J connectivity index is 1.98. The lowest BCUT2D eigenvalue weighted by molar-refractivity contribution is -0.384. The smallest absolute Gasteiger partial charge is 0.270 e. The first-order valence-corrected chi connectivity index (χ1v) is 6.49. The molecule has 0 unspecified atom stereocenters. The molecule has 2 aromatic rings. The Morgan fingerprint density at radius 1 is 1.25 bits per heavy atom. The van der Waals surface area contributed by atoms with Gasteiger partial charge in [-0.3, -0.25) is 14.9 Å². The van der Waals surface area contributed by atoms with Gasteiger partial charge in [0.25, 0.3) is 11.6 Å². The van der Waals surface area contributed by atoms with Gasteiger partial charge in [0.15, 0.2) is 0 Å². The number of aromatic nitrogens is 1. The number of nitrogens with one attached hydrogen (secondary N) is 1. The molecule has 1 aromatic heterocycles. The Bertz CT molecular complexity index is 644. The van der Waals surface area contributed by atoms with Crippen LogP contribution < -0.4 is 5.32 Å². The lowest BCUT2D eigenvalue weighted by atomic mass is 10.2. The molecule has 0 saturated heterocycles. The van der Waals surface area contributed by atoms with E-state index in [2.05, 4.69) is 26.2 Å². The molecule has 0 spiro atoms. The minimum Gasteiger partial charge on any atom is -0.347 e. The van der Waals surface area contributed by atoms with Crippen LogP contribution in [0, 0.1) is 10.1 Å². The Hall–Kier alpha value is -2.28. The molecule has 2 rings (SSSR count). The van der Waals surface area contributed by atoms with Crippen molar-refractivity contribution in [2.75, 3.05) is 0 Å². The highest BCUT2D eigenvalue weighted by molar-refractivity contribution is 9.10. The van der Waals surface area contributed by atoms with Gasteiger partial charge in [-0.25, -0.2) is 4.98 Å². The number of nitro benzene ring substituents is 1. The third kappa shape index (κ3) is 3.61. The molecule has 1 aromatic carbocycles. The number of carbonyl (C=O) groups is 1. The van der Waals surface area contributed by atoms with Gasteiger partial charge in [-0.15, -0.1) is 0 Å². The van der Waals surface area contributed by atoms with E-state index in [1.54, 1.807) is 30.3 Å². The first kappa shape index (κ1) is 14.1. The molecule has 6 nitrogen and oxygen atoms in total. The minimum atomic E-state index is -0.465. The summed E-state index contributed by atoms with van der Waals surface area (Å²) in [5.41, 5.74) is 1.11. The second kappa shape index (κ2) is 6.25. The van der Waals surface area contributed by atoms with Crippen molar-refractivity contribution in [2.45, 2.75) is 6.54 Å². The van der Waals surface area contributed by atoms with Crippen molar-refractivity contribution in [3.05, 3.63) is 68.4 Å². The van der Waals surface area contributed by atoms with Crippen molar-refractivity contribution in [3.63, 3.8) is 0 Å². The third-order valence-corrected chi connectivity index (χ3v) is 2.99. The van der Waals surface area contributed by atoms with Crippen LogP contribution in [0.5, 0.6) is 0 Å². The average molecular weight is 336 g/mol. The molecule has 102 valence electrons. The van der Waals surface area contributed by atoms with Crippen LogP contribution >= 0.6 is 15.9 Å². The molecule has 0 saturated carbocycles. The number of halogens is 1. The normalized spacial score (nSPS) is 10.1. The Labute approximate surface area is 123 Å². The van der Waals surface area contributed by atoms with E-state index in [1.807, 2.05) is 0 Å². The van der Waals surface area contributed by atoms with Gasteiger partial charge in [-0.05, 0) is 33.6 Å². The fraction of sp³-hybridized carbons (Fsp3) is 0.0769. The molecule has 0 fully saturated rings. The van der Waals surface area contributed by atoms with Crippen LogP contribution in [0.4, 0.5) is 5.69 Å². The maximum absolute atomic E-state index is 11.8. The van der Waals surface area contributed by atoms with Gasteiger partial charge < -0.3 is 5.32 Å². The van der Waals surface area contributed by atoms with Crippen molar-refractivity contribution < 1.29 is 9.72 Å². The monoisotopic (exact) mass is 335 g/mol. The number of hydrogen-bond donors (Lipinski definition) is 1. The summed E-state index contributed by atoms with van der Waals surface area (Å²) in [5, 5.41) is 13.2. The van der Waals surface area contributed by atoms with Crippen molar-refractivity contribution in [2.24, 2.45) is 0 Å². The highest BCUT2D eigenvalue weighted by atomic mass is 79.9. The van der Waals surface area contributed by atoms with Gasteiger partial charge in [0.1, 0.15) is 10.3 Å². The van der Waals surface area contributed by atoms with Crippen LogP contribution in [0.3, 0.4) is 0 Å². The highest BCUT2D eigenvalue weighted by Crippen LogP contribution is 2.12. The molecule has 0 aliphatic heterocycles. The number of pyridine rings is 1. The first-order chi connectivity index (χ1) is 9.56. The maximum atomic E-state index is 11.8. The fourth-order valence-corrected chi connectivity index (χ4v) is 1.89. The Morgan fingerprint density at radius 3 is 2.55 bits per heavy atom. The number of carbonyl (C=O) groups excluding carboxylic acids is 1. The molecule has 0 bridgehead atoms. The summed E-state index contributed by atoms with van der Waals surface area (Å²) < 4.78 is 0.584. The number of non-ortho nitro benzene ring substituents is 1. The minimum absolute atomic E-state index is 0.0220. The molecule has 0 atom stereocenters. The predicted octanol–water partition coefficient (Wildman–Crippen LogP) is 2.68. The summed E-state index contributed by atoms with van der Waals surface area (Å²) in [6, 6.07) is 11.1. The largest absolute Gasteiger partial charge is 0.347 e. The van der Waals surface area contributed by atoms with E-state index in [9.17, 15) is 14.9 Å². The number of nitrogens with zero attached hydrogens (tertiary/aromatic N) is 2. The van der Waals surface area contributed by atoms with Crippen molar-refractivity contribution >= 4 is 27.5 Å². The summed E-state index contributed by atoms with van der Waals surface area (Å²) in [4.78, 5) is 25.9. The molecule has 0 radical (unpaired) electrons. The van der Waals surface area contributed by atoms with E-state index >= 15 is 0 Å². The molecular formula is C13H10BrN3O3. The van der Waals surface area contributed by atoms with Crippen LogP contribution in [0.2, 0.25) is 0 Å². The second-order valence-corrected chi connectivity index (χ2v) is 4.76. The third-order valence-electron chi connectivity index (χ3n) is 2.55. The number of rotatable bonds is 4. The zero-order valence-corrected chi connectivity index (χ0v) is 11.8. The summed E-state index contributed by atoms with van der Waals surface area (Å²) in [7, 11) is 0. The lowest BCUT2D eigenvalue weighted by Crippen LogP contribution is -2.23. The second-order valence-electron chi connectivity index (χ2n) is 3.95. The van der Waals surface area contributed by atoms with E-state index in [0.717, 1.165) is 5.56 Å². The van der Waals surface area contributed by atoms with Crippen LogP contribution in [0.15, 0.2) is 47.1 Å². The van der Waals surface area contributed by atoms with Gasteiger partial charge in [-0.1, -0.05) is 18.2 Å². The van der Waals surface area contributed by atoms with Crippen LogP contribution in [-0.4, -0.2) is 15.8 Å². The summed E-state index contributed by atoms with van der Waals surface area (Å²) >= 11 is 3.19. The molecule has 0 aliphatic rings. The van der Waals surface area contributed by atoms with E-state index in [0.29, 0.717) is 10.3 Å². The van der Waals surface area contributed by atoms with Crippen LogP contribution in [0.25, 0.3) is 0 Å². The zero-order chi connectivity index (χ0) is 14.5. The predicted molar refractivity (Wildman–Crippen MR) is 76.2 cm³/mol. The van der Waals surface area contributed by atoms with Gasteiger partial charge in [0.2, 0.25) is 0 Å². The molecule has 20 heavy (non-hydrogen) atoms. The zero-order valence-electron chi connectivity index (χ0n) is 10.2. The van der Waals surface area contributed by atoms with Crippen LogP contribution in [0.1, 0.15) is 16.1 Å². The van der Waals surface area contributed by atoms with Crippen molar-refractivity contribution in [1.29, 1.82) is 0 Å². The summed E-state index contributed by atoms with van der Waals surface area (Å²) in [6.45, 7) is 0.283. The molecule has 7 heteroatoms. The van der Waals surface area contributed by atoms with E-state index in [-0.39, 0.29) is 18.1 Å². The Morgan fingerprint density at radius 2 is 1.95 bits per heavy atom. The van der Waals surface area contributed by atoms with Gasteiger partial charge >= 0.3 is 0 Å². The van der Waals surface area contributed by atoms with Gasteiger partial charge in [0.05, 0.1) is 4.92 Å². The Kier molecular flexibility index (Phi) is 4.41. The van der Waals surface area contributed by atoms with Crippen molar-refractivity contribution in [1.82, 2.24) is 10.3 Å².